The van der Waals surface area contributed by atoms with E-state index in [0.717, 1.165) is 12.0 Å². The number of nitrogens with zero attached hydrogens (tertiary/aromatic N) is 1. The Labute approximate surface area is 166 Å². The molecular formula is C19H30N4O3S. The van der Waals surface area contributed by atoms with Gasteiger partial charge in [-0.25, -0.2) is 0 Å². The Morgan fingerprint density at radius 3 is 2.48 bits per heavy atom. The summed E-state index contributed by atoms with van der Waals surface area (Å²) in [4.78, 5) is 24.9. The van der Waals surface area contributed by atoms with E-state index in [9.17, 15) is 9.59 Å². The summed E-state index contributed by atoms with van der Waals surface area (Å²) in [5.74, 6) is -0.575. The van der Waals surface area contributed by atoms with Crippen LogP contribution in [0.4, 0.5) is 0 Å². The van der Waals surface area contributed by atoms with Crippen LogP contribution in [0.2, 0.25) is 0 Å². The molecule has 3 N–H and O–H groups in total. The summed E-state index contributed by atoms with van der Waals surface area (Å²) in [7, 11) is 3.30. The van der Waals surface area contributed by atoms with E-state index in [1.54, 1.807) is 14.2 Å². The van der Waals surface area contributed by atoms with Crippen LogP contribution in [0.25, 0.3) is 0 Å². The van der Waals surface area contributed by atoms with E-state index in [4.69, 9.17) is 17.0 Å². The number of thiocarbonyl (C=S) groups is 1. The summed E-state index contributed by atoms with van der Waals surface area (Å²) < 4.78 is 4.98. The lowest BCUT2D eigenvalue weighted by Gasteiger charge is -2.27. The first-order chi connectivity index (χ1) is 12.8. The lowest BCUT2D eigenvalue weighted by atomic mass is 10.0. The minimum Gasteiger partial charge on any atom is -0.385 e. The van der Waals surface area contributed by atoms with E-state index in [1.807, 2.05) is 44.2 Å². The molecule has 1 aromatic carbocycles. The third-order valence-corrected chi connectivity index (χ3v) is 4.28. The van der Waals surface area contributed by atoms with Crippen molar-refractivity contribution in [1.82, 2.24) is 21.1 Å². The third kappa shape index (κ3) is 8.83. The Morgan fingerprint density at radius 1 is 1.22 bits per heavy atom. The zero-order valence-corrected chi connectivity index (χ0v) is 17.3. The van der Waals surface area contributed by atoms with Gasteiger partial charge in [0.2, 0.25) is 5.91 Å². The molecule has 0 aromatic heterocycles. The molecule has 0 aliphatic rings. The number of ether oxygens (including phenoxy) is 1. The number of carbonyl (C=O) groups is 2. The van der Waals surface area contributed by atoms with Crippen LogP contribution >= 0.6 is 12.2 Å². The summed E-state index contributed by atoms with van der Waals surface area (Å²) >= 11 is 5.24. The number of methoxy groups -OCH3 is 1. The first kappa shape index (κ1) is 22.9. The molecule has 8 heteroatoms. The first-order valence-electron chi connectivity index (χ1n) is 8.99. The Balaban J connectivity index is 2.54. The number of carbonyl (C=O) groups excluding carboxylic acids is 2. The van der Waals surface area contributed by atoms with Crippen LogP contribution in [0.15, 0.2) is 30.3 Å². The molecule has 27 heavy (non-hydrogen) atoms. The van der Waals surface area contributed by atoms with Gasteiger partial charge in [-0.2, -0.15) is 0 Å². The number of rotatable bonds is 9. The maximum absolute atomic E-state index is 12.6. The van der Waals surface area contributed by atoms with Gasteiger partial charge in [-0.05, 0) is 30.1 Å². The largest absolute Gasteiger partial charge is 0.385 e. The number of hydrogen-bond acceptors (Lipinski definition) is 4. The summed E-state index contributed by atoms with van der Waals surface area (Å²) in [6, 6.07) is 8.76. The average Bonchev–Trinajstić information content (AvgIpc) is 2.63. The van der Waals surface area contributed by atoms with E-state index in [2.05, 4.69) is 16.1 Å². The quantitative estimate of drug-likeness (QED) is 0.332. The maximum Gasteiger partial charge on any atom is 0.261 e. The van der Waals surface area contributed by atoms with Crippen molar-refractivity contribution < 1.29 is 14.3 Å². The second kappa shape index (κ2) is 12.2. The summed E-state index contributed by atoms with van der Waals surface area (Å²) in [6.07, 6.45) is 1.04. The van der Waals surface area contributed by atoms with Crippen molar-refractivity contribution in [2.75, 3.05) is 27.3 Å². The highest BCUT2D eigenvalue weighted by atomic mass is 32.1. The molecule has 0 radical (unpaired) electrons. The van der Waals surface area contributed by atoms with Gasteiger partial charge in [0, 0.05) is 27.3 Å². The molecule has 2 amide bonds. The van der Waals surface area contributed by atoms with Gasteiger partial charge in [0.05, 0.1) is 6.42 Å². The Bertz CT molecular complexity index is 610. The van der Waals surface area contributed by atoms with Gasteiger partial charge in [-0.1, -0.05) is 44.2 Å². The zero-order valence-electron chi connectivity index (χ0n) is 16.5. The third-order valence-electron chi connectivity index (χ3n) is 3.86. The Hall–Kier alpha value is -2.19. The maximum atomic E-state index is 12.6. The SMILES string of the molecule is COCCCNC(=S)N(C)NC(=O)[C@@H](NC(=O)Cc1ccccc1)C(C)C. The van der Waals surface area contributed by atoms with Gasteiger partial charge in [0.1, 0.15) is 6.04 Å². The fraction of sp³-hybridized carbons (Fsp3) is 0.526. The van der Waals surface area contributed by atoms with Gasteiger partial charge in [0.25, 0.3) is 5.91 Å². The van der Waals surface area contributed by atoms with Crippen LogP contribution in [0.3, 0.4) is 0 Å². The molecular weight excluding hydrogens is 364 g/mol. The smallest absolute Gasteiger partial charge is 0.261 e. The molecule has 0 saturated heterocycles. The van der Waals surface area contributed by atoms with Gasteiger partial charge in [0.15, 0.2) is 5.11 Å². The van der Waals surface area contributed by atoms with Crippen LogP contribution in [-0.4, -0.2) is 55.3 Å². The predicted octanol–water partition coefficient (Wildman–Crippen LogP) is 1.24. The zero-order chi connectivity index (χ0) is 20.2. The minimum atomic E-state index is -0.653. The topological polar surface area (TPSA) is 82.7 Å². The van der Waals surface area contributed by atoms with Gasteiger partial charge < -0.3 is 15.4 Å². The minimum absolute atomic E-state index is 0.0682. The number of amides is 2. The van der Waals surface area contributed by atoms with Crippen molar-refractivity contribution >= 4 is 29.1 Å². The number of hydrogen-bond donors (Lipinski definition) is 3. The average molecular weight is 395 g/mol. The predicted molar refractivity (Wildman–Crippen MR) is 110 cm³/mol. The standard InChI is InChI=1S/C19H30N4O3S/c1-14(2)17(21-16(24)13-15-9-6-5-7-10-15)18(25)22-23(3)19(27)20-11-8-12-26-4/h5-7,9-10,14,17H,8,11-13H2,1-4H3,(H,20,27)(H,21,24)(H,22,25)/t17-/m0/s1. The first-order valence-corrected chi connectivity index (χ1v) is 9.40. The molecule has 0 aliphatic carbocycles. The van der Waals surface area contributed by atoms with Crippen LogP contribution in [0, 0.1) is 5.92 Å². The number of benzene rings is 1. The van der Waals surface area contributed by atoms with E-state index in [0.29, 0.717) is 18.3 Å². The fourth-order valence-corrected chi connectivity index (χ4v) is 2.50. The van der Waals surface area contributed by atoms with Gasteiger partial charge in [-0.15, -0.1) is 0 Å². The summed E-state index contributed by atoms with van der Waals surface area (Å²) in [6.45, 7) is 5.05. The van der Waals surface area contributed by atoms with Crippen molar-refractivity contribution in [2.24, 2.45) is 5.92 Å². The molecule has 0 saturated carbocycles. The molecule has 0 heterocycles. The lowest BCUT2D eigenvalue weighted by Crippen LogP contribution is -2.56. The summed E-state index contributed by atoms with van der Waals surface area (Å²) in [5, 5.41) is 7.70. The molecule has 0 spiro atoms. The van der Waals surface area contributed by atoms with Crippen LogP contribution in [0.5, 0.6) is 0 Å². The highest BCUT2D eigenvalue weighted by Gasteiger charge is 2.25. The normalized spacial score (nSPS) is 11.6. The van der Waals surface area contributed by atoms with E-state index >= 15 is 0 Å². The van der Waals surface area contributed by atoms with Gasteiger partial charge >= 0.3 is 0 Å². The van der Waals surface area contributed by atoms with Crippen LogP contribution in [-0.2, 0) is 20.7 Å². The highest BCUT2D eigenvalue weighted by Crippen LogP contribution is 2.05. The van der Waals surface area contributed by atoms with Crippen molar-refractivity contribution in [3.05, 3.63) is 35.9 Å². The molecule has 0 aliphatic heterocycles. The highest BCUT2D eigenvalue weighted by molar-refractivity contribution is 7.80. The second-order valence-electron chi connectivity index (χ2n) is 6.56. The molecule has 0 fully saturated rings. The summed E-state index contributed by atoms with van der Waals surface area (Å²) in [5.41, 5.74) is 3.62. The van der Waals surface area contributed by atoms with Crippen molar-refractivity contribution in [2.45, 2.75) is 32.7 Å². The van der Waals surface area contributed by atoms with Crippen LogP contribution < -0.4 is 16.1 Å². The monoisotopic (exact) mass is 394 g/mol. The van der Waals surface area contributed by atoms with Gasteiger partial charge in [-0.3, -0.25) is 20.0 Å². The molecule has 150 valence electrons. The van der Waals surface area contributed by atoms with E-state index in [-0.39, 0.29) is 24.2 Å². The fourth-order valence-electron chi connectivity index (χ4n) is 2.36. The molecule has 1 rings (SSSR count). The molecule has 1 aromatic rings. The number of hydrazine groups is 1. The van der Waals surface area contributed by atoms with Crippen molar-refractivity contribution in [1.29, 1.82) is 0 Å². The molecule has 1 atom stereocenters. The van der Waals surface area contributed by atoms with Crippen molar-refractivity contribution in [3.8, 4) is 0 Å². The molecule has 7 nitrogen and oxygen atoms in total. The molecule has 0 bridgehead atoms. The Morgan fingerprint density at radius 2 is 1.89 bits per heavy atom. The lowest BCUT2D eigenvalue weighted by molar-refractivity contribution is -0.131. The van der Waals surface area contributed by atoms with E-state index < -0.39 is 6.04 Å². The molecule has 0 unspecified atom stereocenters. The number of nitrogens with one attached hydrogen (secondary N) is 3. The van der Waals surface area contributed by atoms with Crippen molar-refractivity contribution in [3.63, 3.8) is 0 Å². The Kier molecular flexibility index (Phi) is 10.4. The van der Waals surface area contributed by atoms with E-state index in [1.165, 1.54) is 5.01 Å². The second-order valence-corrected chi connectivity index (χ2v) is 6.95. The van der Waals surface area contributed by atoms with Crippen LogP contribution in [0.1, 0.15) is 25.8 Å².